The number of para-hydroxylation sites is 1. The van der Waals surface area contributed by atoms with E-state index in [1.807, 2.05) is 30.3 Å². The van der Waals surface area contributed by atoms with E-state index >= 15 is 0 Å². The van der Waals surface area contributed by atoms with E-state index < -0.39 is 10.2 Å². The molecule has 1 aromatic rings. The van der Waals surface area contributed by atoms with Gasteiger partial charge in [0.2, 0.25) is 0 Å². The van der Waals surface area contributed by atoms with Crippen LogP contribution < -0.4 is 4.74 Å². The minimum Gasteiger partial charge on any atom is -0.489 e. The number of rotatable bonds is 4. The fraction of sp³-hybridized carbons (Fsp3) is 0.571. The average Bonchev–Trinajstić information content (AvgIpc) is 3.11. The van der Waals surface area contributed by atoms with E-state index in [9.17, 15) is 8.42 Å². The van der Waals surface area contributed by atoms with E-state index in [4.69, 9.17) is 4.74 Å². The number of hydrogen-bond acceptors (Lipinski definition) is 3. The van der Waals surface area contributed by atoms with Crippen molar-refractivity contribution in [2.75, 3.05) is 26.2 Å². The fourth-order valence-corrected chi connectivity index (χ4v) is 4.51. The maximum absolute atomic E-state index is 12.4. The van der Waals surface area contributed by atoms with Crippen LogP contribution in [-0.4, -0.2) is 49.3 Å². The molecular formula is C14H20N2O3S. The Kier molecular flexibility index (Phi) is 3.96. The number of nitrogens with zero attached hydrogens (tertiary/aromatic N) is 2. The molecule has 5 nitrogen and oxygen atoms in total. The average molecular weight is 296 g/mol. The Morgan fingerprint density at radius 2 is 1.70 bits per heavy atom. The summed E-state index contributed by atoms with van der Waals surface area (Å²) in [5.74, 6) is 0.804. The number of benzene rings is 1. The van der Waals surface area contributed by atoms with Crippen LogP contribution in [0.25, 0.3) is 0 Å². The molecule has 0 radical (unpaired) electrons. The van der Waals surface area contributed by atoms with Crippen LogP contribution in [0.5, 0.6) is 5.75 Å². The molecule has 0 saturated carbocycles. The second-order valence-electron chi connectivity index (χ2n) is 5.31. The van der Waals surface area contributed by atoms with Gasteiger partial charge in [-0.2, -0.15) is 17.0 Å². The second kappa shape index (κ2) is 5.71. The van der Waals surface area contributed by atoms with E-state index in [1.165, 1.54) is 0 Å². The molecule has 2 fully saturated rings. The molecule has 0 amide bonds. The molecule has 20 heavy (non-hydrogen) atoms. The maximum Gasteiger partial charge on any atom is 0.282 e. The smallest absolute Gasteiger partial charge is 0.282 e. The first kappa shape index (κ1) is 13.9. The Morgan fingerprint density at radius 1 is 1.00 bits per heavy atom. The lowest BCUT2D eigenvalue weighted by Crippen LogP contribution is -2.41. The zero-order valence-electron chi connectivity index (χ0n) is 11.4. The fourth-order valence-electron chi connectivity index (χ4n) is 2.78. The molecule has 0 N–H and O–H groups in total. The maximum atomic E-state index is 12.4. The van der Waals surface area contributed by atoms with Gasteiger partial charge in [-0.15, -0.1) is 0 Å². The molecule has 0 aliphatic carbocycles. The molecule has 0 aromatic heterocycles. The highest BCUT2D eigenvalue weighted by Gasteiger charge is 2.37. The van der Waals surface area contributed by atoms with Crippen molar-refractivity contribution >= 4 is 10.2 Å². The molecule has 1 atom stereocenters. The van der Waals surface area contributed by atoms with Crippen LogP contribution in [0.3, 0.4) is 0 Å². The first-order valence-electron chi connectivity index (χ1n) is 7.13. The van der Waals surface area contributed by atoms with Gasteiger partial charge < -0.3 is 4.74 Å². The second-order valence-corrected chi connectivity index (χ2v) is 7.24. The van der Waals surface area contributed by atoms with Gasteiger partial charge in [-0.05, 0) is 31.4 Å². The minimum absolute atomic E-state index is 0.0465. The summed E-state index contributed by atoms with van der Waals surface area (Å²) in [7, 11) is -3.28. The standard InChI is InChI=1S/C14H20N2O3S/c17-20(18,15-9-4-5-10-15)16-11-8-14(12-16)19-13-6-2-1-3-7-13/h1-3,6-7,14H,4-5,8-12H2. The summed E-state index contributed by atoms with van der Waals surface area (Å²) in [6.07, 6.45) is 2.64. The van der Waals surface area contributed by atoms with Gasteiger partial charge in [0.25, 0.3) is 10.2 Å². The lowest BCUT2D eigenvalue weighted by Gasteiger charge is -2.23. The van der Waals surface area contributed by atoms with Crippen molar-refractivity contribution < 1.29 is 13.2 Å². The summed E-state index contributed by atoms with van der Waals surface area (Å²) in [4.78, 5) is 0. The first-order valence-corrected chi connectivity index (χ1v) is 8.53. The number of ether oxygens (including phenoxy) is 1. The molecule has 2 heterocycles. The van der Waals surface area contributed by atoms with Gasteiger partial charge >= 0.3 is 0 Å². The van der Waals surface area contributed by atoms with Crippen LogP contribution >= 0.6 is 0 Å². The Morgan fingerprint density at radius 3 is 2.40 bits per heavy atom. The molecule has 3 rings (SSSR count). The third kappa shape index (κ3) is 2.82. The van der Waals surface area contributed by atoms with Gasteiger partial charge in [-0.3, -0.25) is 0 Å². The van der Waals surface area contributed by atoms with E-state index in [0.717, 1.165) is 25.0 Å². The summed E-state index contributed by atoms with van der Waals surface area (Å²) < 4.78 is 33.9. The SMILES string of the molecule is O=S(=O)(N1CCCC1)N1CCC(Oc2ccccc2)C1. The van der Waals surface area contributed by atoms with Gasteiger partial charge in [0.15, 0.2) is 0 Å². The largest absolute Gasteiger partial charge is 0.489 e. The van der Waals surface area contributed by atoms with Crippen LogP contribution in [0.1, 0.15) is 19.3 Å². The van der Waals surface area contributed by atoms with E-state index in [2.05, 4.69) is 0 Å². The summed E-state index contributed by atoms with van der Waals surface area (Å²) in [5.41, 5.74) is 0. The zero-order valence-corrected chi connectivity index (χ0v) is 12.3. The monoisotopic (exact) mass is 296 g/mol. The van der Waals surface area contributed by atoms with Crippen LogP contribution in [0, 0.1) is 0 Å². The van der Waals surface area contributed by atoms with Crippen molar-refractivity contribution in [1.29, 1.82) is 0 Å². The van der Waals surface area contributed by atoms with Crippen LogP contribution in [-0.2, 0) is 10.2 Å². The van der Waals surface area contributed by atoms with Crippen LogP contribution in [0.4, 0.5) is 0 Å². The molecule has 1 aromatic carbocycles. The normalized spacial score (nSPS) is 25.1. The minimum atomic E-state index is -3.28. The van der Waals surface area contributed by atoms with Gasteiger partial charge in [0, 0.05) is 19.6 Å². The highest BCUT2D eigenvalue weighted by molar-refractivity contribution is 7.86. The van der Waals surface area contributed by atoms with Gasteiger partial charge in [-0.25, -0.2) is 0 Å². The molecule has 2 aliphatic rings. The topological polar surface area (TPSA) is 49.9 Å². The molecule has 1 unspecified atom stereocenters. The lowest BCUT2D eigenvalue weighted by atomic mass is 10.3. The predicted molar refractivity (Wildman–Crippen MR) is 76.8 cm³/mol. The zero-order chi connectivity index (χ0) is 14.0. The molecule has 6 heteroatoms. The summed E-state index contributed by atoms with van der Waals surface area (Å²) in [6, 6.07) is 9.58. The quantitative estimate of drug-likeness (QED) is 0.845. The molecule has 0 spiro atoms. The van der Waals surface area contributed by atoms with Gasteiger partial charge in [0.05, 0.1) is 6.54 Å². The molecular weight excluding hydrogens is 276 g/mol. The van der Waals surface area contributed by atoms with E-state index in [1.54, 1.807) is 8.61 Å². The molecule has 0 bridgehead atoms. The van der Waals surface area contributed by atoms with Gasteiger partial charge in [-0.1, -0.05) is 18.2 Å². The molecule has 2 saturated heterocycles. The van der Waals surface area contributed by atoms with Crippen LogP contribution in [0.2, 0.25) is 0 Å². The Bertz CT molecular complexity index is 541. The number of hydrogen-bond donors (Lipinski definition) is 0. The summed E-state index contributed by atoms with van der Waals surface area (Å²) >= 11 is 0. The predicted octanol–water partition coefficient (Wildman–Crippen LogP) is 1.48. The van der Waals surface area contributed by atoms with Crippen molar-refractivity contribution in [1.82, 2.24) is 8.61 Å². The third-order valence-corrected chi connectivity index (χ3v) is 5.87. The van der Waals surface area contributed by atoms with Crippen molar-refractivity contribution in [2.45, 2.75) is 25.4 Å². The highest BCUT2D eigenvalue weighted by atomic mass is 32.2. The summed E-state index contributed by atoms with van der Waals surface area (Å²) in [5, 5.41) is 0. The Hall–Kier alpha value is -1.11. The lowest BCUT2D eigenvalue weighted by molar-refractivity contribution is 0.214. The molecule has 110 valence electrons. The first-order chi connectivity index (χ1) is 9.66. The molecule has 2 aliphatic heterocycles. The van der Waals surface area contributed by atoms with Crippen LogP contribution in [0.15, 0.2) is 30.3 Å². The van der Waals surface area contributed by atoms with Gasteiger partial charge in [0.1, 0.15) is 11.9 Å². The van der Waals surface area contributed by atoms with Crippen molar-refractivity contribution in [3.63, 3.8) is 0 Å². The Labute approximate surface area is 120 Å². The third-order valence-electron chi connectivity index (χ3n) is 3.87. The van der Waals surface area contributed by atoms with Crippen molar-refractivity contribution in [3.8, 4) is 5.75 Å². The van der Waals surface area contributed by atoms with E-state index in [0.29, 0.717) is 26.2 Å². The highest BCUT2D eigenvalue weighted by Crippen LogP contribution is 2.23. The summed E-state index contributed by atoms with van der Waals surface area (Å²) in [6.45, 7) is 2.32. The van der Waals surface area contributed by atoms with E-state index in [-0.39, 0.29) is 6.10 Å². The van der Waals surface area contributed by atoms with Crippen molar-refractivity contribution in [3.05, 3.63) is 30.3 Å². The van der Waals surface area contributed by atoms with Crippen molar-refractivity contribution in [2.24, 2.45) is 0 Å². The Balaban J connectivity index is 1.62.